The summed E-state index contributed by atoms with van der Waals surface area (Å²) >= 11 is 6.02. The van der Waals surface area contributed by atoms with E-state index in [0.29, 0.717) is 10.8 Å². The van der Waals surface area contributed by atoms with Crippen molar-refractivity contribution in [3.63, 3.8) is 0 Å². The Labute approximate surface area is 118 Å². The van der Waals surface area contributed by atoms with Gasteiger partial charge in [-0.1, -0.05) is 17.7 Å². The number of ether oxygens (including phenoxy) is 1. The van der Waals surface area contributed by atoms with Gasteiger partial charge in [-0.3, -0.25) is 4.79 Å². The molecular formula is C14H19ClN2O2. The summed E-state index contributed by atoms with van der Waals surface area (Å²) in [5.41, 5.74) is 0.870. The van der Waals surface area contributed by atoms with Crippen molar-refractivity contribution in [3.8, 4) is 5.75 Å². The fourth-order valence-electron chi connectivity index (χ4n) is 2.07. The monoisotopic (exact) mass is 282 g/mol. The van der Waals surface area contributed by atoms with Gasteiger partial charge in [0.05, 0.1) is 0 Å². The molecule has 1 N–H and O–H groups in total. The van der Waals surface area contributed by atoms with E-state index in [1.54, 1.807) is 0 Å². The zero-order chi connectivity index (χ0) is 13.7. The van der Waals surface area contributed by atoms with Crippen LogP contribution in [-0.2, 0) is 4.79 Å². The molecule has 0 radical (unpaired) electrons. The molecule has 0 aromatic heterocycles. The maximum Gasteiger partial charge on any atom is 0.260 e. The highest BCUT2D eigenvalue weighted by molar-refractivity contribution is 6.31. The molecule has 1 aliphatic heterocycles. The molecular weight excluding hydrogens is 264 g/mol. The van der Waals surface area contributed by atoms with Gasteiger partial charge in [-0.25, -0.2) is 0 Å². The van der Waals surface area contributed by atoms with Crippen molar-refractivity contribution in [2.75, 3.05) is 32.8 Å². The zero-order valence-electron chi connectivity index (χ0n) is 11.1. The van der Waals surface area contributed by atoms with Crippen molar-refractivity contribution in [2.45, 2.75) is 13.3 Å². The maximum atomic E-state index is 12.1. The molecule has 1 heterocycles. The van der Waals surface area contributed by atoms with E-state index in [1.165, 1.54) is 0 Å². The van der Waals surface area contributed by atoms with E-state index in [-0.39, 0.29) is 12.5 Å². The van der Waals surface area contributed by atoms with Crippen LogP contribution in [0.4, 0.5) is 0 Å². The van der Waals surface area contributed by atoms with Crippen LogP contribution < -0.4 is 10.1 Å². The second-order valence-electron chi connectivity index (χ2n) is 4.64. The van der Waals surface area contributed by atoms with Crippen molar-refractivity contribution >= 4 is 17.5 Å². The van der Waals surface area contributed by atoms with Gasteiger partial charge in [0.1, 0.15) is 5.75 Å². The zero-order valence-corrected chi connectivity index (χ0v) is 11.9. The molecule has 4 nitrogen and oxygen atoms in total. The predicted octanol–water partition coefficient (Wildman–Crippen LogP) is 1.85. The first-order valence-corrected chi connectivity index (χ1v) is 6.92. The molecule has 19 heavy (non-hydrogen) atoms. The molecule has 1 aliphatic rings. The fourth-order valence-corrected chi connectivity index (χ4v) is 2.24. The topological polar surface area (TPSA) is 41.6 Å². The summed E-state index contributed by atoms with van der Waals surface area (Å²) in [7, 11) is 0. The van der Waals surface area contributed by atoms with Crippen LogP contribution in [0, 0.1) is 6.92 Å². The second-order valence-corrected chi connectivity index (χ2v) is 5.04. The molecule has 5 heteroatoms. The van der Waals surface area contributed by atoms with Crippen LogP contribution in [-0.4, -0.2) is 43.6 Å². The third kappa shape index (κ3) is 3.85. The number of rotatable bonds is 3. The lowest BCUT2D eigenvalue weighted by Crippen LogP contribution is -2.37. The quantitative estimate of drug-likeness (QED) is 0.920. The summed E-state index contributed by atoms with van der Waals surface area (Å²) in [6, 6.07) is 5.47. The average Bonchev–Trinajstić information content (AvgIpc) is 2.69. The number of nitrogens with zero attached hydrogens (tertiary/aromatic N) is 1. The summed E-state index contributed by atoms with van der Waals surface area (Å²) in [5.74, 6) is 0.705. The molecule has 0 unspecified atom stereocenters. The van der Waals surface area contributed by atoms with Gasteiger partial charge in [-0.15, -0.1) is 0 Å². The van der Waals surface area contributed by atoms with Crippen molar-refractivity contribution in [1.82, 2.24) is 10.2 Å². The third-order valence-corrected chi connectivity index (χ3v) is 3.67. The number of carbonyl (C=O) groups excluding carboxylic acids is 1. The van der Waals surface area contributed by atoms with E-state index in [2.05, 4.69) is 5.32 Å². The van der Waals surface area contributed by atoms with E-state index in [9.17, 15) is 4.79 Å². The molecule has 1 aromatic carbocycles. The lowest BCUT2D eigenvalue weighted by atomic mass is 10.2. The lowest BCUT2D eigenvalue weighted by molar-refractivity contribution is -0.133. The minimum atomic E-state index is 0.0306. The largest absolute Gasteiger partial charge is 0.483 e. The minimum absolute atomic E-state index is 0.0306. The number of amides is 1. The molecule has 1 fully saturated rings. The van der Waals surface area contributed by atoms with Gasteiger partial charge >= 0.3 is 0 Å². The molecule has 1 aromatic rings. The van der Waals surface area contributed by atoms with Crippen LogP contribution in [0.15, 0.2) is 18.2 Å². The van der Waals surface area contributed by atoms with Gasteiger partial charge < -0.3 is 15.0 Å². The predicted molar refractivity (Wildman–Crippen MR) is 75.8 cm³/mol. The van der Waals surface area contributed by atoms with E-state index in [1.807, 2.05) is 30.0 Å². The summed E-state index contributed by atoms with van der Waals surface area (Å²) < 4.78 is 5.58. The molecule has 0 aliphatic carbocycles. The van der Waals surface area contributed by atoms with Crippen molar-refractivity contribution in [2.24, 2.45) is 0 Å². The molecule has 1 saturated heterocycles. The number of hydrogen-bond acceptors (Lipinski definition) is 3. The summed E-state index contributed by atoms with van der Waals surface area (Å²) in [6.45, 7) is 5.32. The van der Waals surface area contributed by atoms with Gasteiger partial charge in [0, 0.05) is 30.2 Å². The molecule has 0 saturated carbocycles. The van der Waals surface area contributed by atoms with Crippen LogP contribution in [0.1, 0.15) is 12.0 Å². The third-order valence-electron chi connectivity index (χ3n) is 3.26. The van der Waals surface area contributed by atoms with E-state index in [0.717, 1.165) is 38.2 Å². The standard InChI is InChI=1S/C14H19ClN2O2/c1-11-12(15)4-2-5-13(11)19-10-14(18)17-8-3-6-16-7-9-17/h2,4-5,16H,3,6-10H2,1H3. The highest BCUT2D eigenvalue weighted by atomic mass is 35.5. The molecule has 2 rings (SSSR count). The Morgan fingerprint density at radius 1 is 1.42 bits per heavy atom. The molecule has 0 atom stereocenters. The Morgan fingerprint density at radius 2 is 2.26 bits per heavy atom. The molecule has 0 bridgehead atoms. The van der Waals surface area contributed by atoms with E-state index < -0.39 is 0 Å². The number of nitrogens with one attached hydrogen (secondary N) is 1. The number of carbonyl (C=O) groups is 1. The number of benzene rings is 1. The van der Waals surface area contributed by atoms with Crippen LogP contribution in [0.5, 0.6) is 5.75 Å². The minimum Gasteiger partial charge on any atom is -0.483 e. The highest BCUT2D eigenvalue weighted by Gasteiger charge is 2.16. The first kappa shape index (κ1) is 14.2. The Morgan fingerprint density at radius 3 is 3.11 bits per heavy atom. The number of halogens is 1. The number of hydrogen-bond donors (Lipinski definition) is 1. The van der Waals surface area contributed by atoms with E-state index in [4.69, 9.17) is 16.3 Å². The van der Waals surface area contributed by atoms with Crippen molar-refractivity contribution in [1.29, 1.82) is 0 Å². The van der Waals surface area contributed by atoms with Crippen molar-refractivity contribution < 1.29 is 9.53 Å². The van der Waals surface area contributed by atoms with Gasteiger partial charge in [0.15, 0.2) is 6.61 Å². The summed E-state index contributed by atoms with van der Waals surface area (Å²) in [4.78, 5) is 13.9. The Bertz CT molecular complexity index is 443. The molecule has 0 spiro atoms. The normalized spacial score (nSPS) is 16.0. The van der Waals surface area contributed by atoms with Gasteiger partial charge in [-0.2, -0.15) is 0 Å². The van der Waals surface area contributed by atoms with Crippen LogP contribution in [0.2, 0.25) is 5.02 Å². The van der Waals surface area contributed by atoms with Gasteiger partial charge in [-0.05, 0) is 32.0 Å². The smallest absolute Gasteiger partial charge is 0.260 e. The fraction of sp³-hybridized carbons (Fsp3) is 0.500. The lowest BCUT2D eigenvalue weighted by Gasteiger charge is -2.20. The maximum absolute atomic E-state index is 12.1. The Balaban J connectivity index is 1.90. The SMILES string of the molecule is Cc1c(Cl)cccc1OCC(=O)N1CCCNCC1. The first-order chi connectivity index (χ1) is 9.18. The van der Waals surface area contributed by atoms with Gasteiger partial charge in [0.2, 0.25) is 0 Å². The summed E-state index contributed by atoms with van der Waals surface area (Å²) in [5, 5.41) is 3.93. The Hall–Kier alpha value is -1.26. The summed E-state index contributed by atoms with van der Waals surface area (Å²) in [6.07, 6.45) is 0.988. The van der Waals surface area contributed by atoms with Crippen molar-refractivity contribution in [3.05, 3.63) is 28.8 Å². The second kappa shape index (κ2) is 6.78. The molecule has 1 amide bonds. The average molecular weight is 283 g/mol. The highest BCUT2D eigenvalue weighted by Crippen LogP contribution is 2.24. The van der Waals surface area contributed by atoms with Gasteiger partial charge in [0.25, 0.3) is 5.91 Å². The van der Waals surface area contributed by atoms with E-state index >= 15 is 0 Å². The first-order valence-electron chi connectivity index (χ1n) is 6.55. The molecule has 104 valence electrons. The van der Waals surface area contributed by atoms with Crippen LogP contribution in [0.3, 0.4) is 0 Å². The Kier molecular flexibility index (Phi) is 5.05. The van der Waals surface area contributed by atoms with Crippen LogP contribution >= 0.6 is 11.6 Å². The van der Waals surface area contributed by atoms with Crippen LogP contribution in [0.25, 0.3) is 0 Å².